The SMILES string of the molecule is O=C(NCc1cccc(COc2ccccc2)c1)C1CC(F)(F)CN1. The third kappa shape index (κ3) is 5.00. The second kappa shape index (κ2) is 7.61. The molecule has 1 heterocycles. The number of carbonyl (C=O) groups excluding carboxylic acids is 1. The number of ether oxygens (including phenoxy) is 1. The number of nitrogens with one attached hydrogen (secondary N) is 2. The monoisotopic (exact) mass is 346 g/mol. The van der Waals surface area contributed by atoms with E-state index in [1.54, 1.807) is 0 Å². The summed E-state index contributed by atoms with van der Waals surface area (Å²) < 4.78 is 32.0. The maximum atomic E-state index is 13.1. The highest BCUT2D eigenvalue weighted by Crippen LogP contribution is 2.25. The summed E-state index contributed by atoms with van der Waals surface area (Å²) in [6.07, 6.45) is -0.455. The highest BCUT2D eigenvalue weighted by Gasteiger charge is 2.42. The van der Waals surface area contributed by atoms with Crippen molar-refractivity contribution in [1.29, 1.82) is 0 Å². The van der Waals surface area contributed by atoms with Gasteiger partial charge in [0.25, 0.3) is 5.92 Å². The van der Waals surface area contributed by atoms with Crippen LogP contribution in [0.1, 0.15) is 17.5 Å². The molecule has 4 nitrogen and oxygen atoms in total. The number of para-hydroxylation sites is 1. The number of halogens is 2. The van der Waals surface area contributed by atoms with E-state index in [4.69, 9.17) is 4.74 Å². The van der Waals surface area contributed by atoms with E-state index >= 15 is 0 Å². The molecule has 2 aromatic carbocycles. The van der Waals surface area contributed by atoms with Gasteiger partial charge in [-0.05, 0) is 23.3 Å². The van der Waals surface area contributed by atoms with Crippen molar-refractivity contribution in [1.82, 2.24) is 10.6 Å². The Kier molecular flexibility index (Phi) is 5.28. The first-order valence-corrected chi connectivity index (χ1v) is 8.16. The van der Waals surface area contributed by atoms with Gasteiger partial charge in [-0.15, -0.1) is 0 Å². The summed E-state index contributed by atoms with van der Waals surface area (Å²) in [6.45, 7) is 0.265. The molecule has 2 aromatic rings. The van der Waals surface area contributed by atoms with E-state index in [0.717, 1.165) is 16.9 Å². The maximum Gasteiger partial charge on any atom is 0.262 e. The first-order chi connectivity index (χ1) is 12.0. The van der Waals surface area contributed by atoms with Gasteiger partial charge < -0.3 is 10.1 Å². The van der Waals surface area contributed by atoms with Crippen molar-refractivity contribution in [3.8, 4) is 5.75 Å². The zero-order chi connectivity index (χ0) is 17.7. The molecule has 25 heavy (non-hydrogen) atoms. The van der Waals surface area contributed by atoms with Crippen LogP contribution >= 0.6 is 0 Å². The second-order valence-corrected chi connectivity index (χ2v) is 6.13. The Bertz CT molecular complexity index is 722. The van der Waals surface area contributed by atoms with Crippen LogP contribution in [0, 0.1) is 0 Å². The molecule has 0 aliphatic carbocycles. The average molecular weight is 346 g/mol. The fourth-order valence-corrected chi connectivity index (χ4v) is 2.73. The Morgan fingerprint density at radius 1 is 1.16 bits per heavy atom. The minimum absolute atomic E-state index is 0.293. The lowest BCUT2D eigenvalue weighted by Crippen LogP contribution is -2.40. The zero-order valence-corrected chi connectivity index (χ0v) is 13.7. The molecule has 0 saturated carbocycles. The minimum atomic E-state index is -2.81. The third-order valence-electron chi connectivity index (χ3n) is 4.03. The quantitative estimate of drug-likeness (QED) is 0.846. The predicted octanol–water partition coefficient (Wildman–Crippen LogP) is 2.88. The van der Waals surface area contributed by atoms with E-state index in [1.165, 1.54) is 0 Å². The number of carbonyl (C=O) groups is 1. The van der Waals surface area contributed by atoms with Gasteiger partial charge in [-0.25, -0.2) is 8.78 Å². The van der Waals surface area contributed by atoms with Crippen molar-refractivity contribution in [2.45, 2.75) is 31.5 Å². The molecule has 3 rings (SSSR count). The maximum absolute atomic E-state index is 13.1. The number of rotatable bonds is 6. The van der Waals surface area contributed by atoms with Crippen molar-refractivity contribution in [3.63, 3.8) is 0 Å². The molecule has 132 valence electrons. The van der Waals surface area contributed by atoms with Crippen LogP contribution < -0.4 is 15.4 Å². The van der Waals surface area contributed by atoms with Crippen molar-refractivity contribution in [3.05, 3.63) is 65.7 Å². The Labute approximate surface area is 145 Å². The largest absolute Gasteiger partial charge is 0.489 e. The van der Waals surface area contributed by atoms with Crippen molar-refractivity contribution in [2.24, 2.45) is 0 Å². The predicted molar refractivity (Wildman–Crippen MR) is 90.4 cm³/mol. The van der Waals surface area contributed by atoms with Gasteiger partial charge in [-0.2, -0.15) is 0 Å². The molecule has 0 bridgehead atoms. The first-order valence-electron chi connectivity index (χ1n) is 8.16. The molecule has 1 unspecified atom stereocenters. The Morgan fingerprint density at radius 2 is 1.92 bits per heavy atom. The number of amides is 1. The van der Waals surface area contributed by atoms with Crippen LogP contribution in [0.2, 0.25) is 0 Å². The summed E-state index contributed by atoms with van der Waals surface area (Å²) in [5.74, 6) is -2.42. The number of benzene rings is 2. The summed E-state index contributed by atoms with van der Waals surface area (Å²) in [6, 6.07) is 16.3. The Balaban J connectivity index is 1.51. The lowest BCUT2D eigenvalue weighted by atomic mass is 10.1. The van der Waals surface area contributed by atoms with Gasteiger partial charge in [-0.3, -0.25) is 10.1 Å². The molecule has 0 aromatic heterocycles. The smallest absolute Gasteiger partial charge is 0.262 e. The molecule has 0 spiro atoms. The lowest BCUT2D eigenvalue weighted by Gasteiger charge is -2.12. The van der Waals surface area contributed by atoms with Crippen molar-refractivity contribution >= 4 is 5.91 Å². The topological polar surface area (TPSA) is 50.4 Å². The fourth-order valence-electron chi connectivity index (χ4n) is 2.73. The molecule has 2 N–H and O–H groups in total. The molecule has 1 atom stereocenters. The molecule has 0 radical (unpaired) electrons. The van der Waals surface area contributed by atoms with Crippen LogP contribution in [-0.4, -0.2) is 24.4 Å². The van der Waals surface area contributed by atoms with Crippen LogP contribution in [0.5, 0.6) is 5.75 Å². The summed E-state index contributed by atoms with van der Waals surface area (Å²) in [7, 11) is 0. The van der Waals surface area contributed by atoms with Gasteiger partial charge in [0.05, 0.1) is 12.6 Å². The van der Waals surface area contributed by atoms with E-state index in [9.17, 15) is 13.6 Å². The molecule has 6 heteroatoms. The van der Waals surface area contributed by atoms with Crippen LogP contribution in [-0.2, 0) is 17.9 Å². The lowest BCUT2D eigenvalue weighted by molar-refractivity contribution is -0.123. The van der Waals surface area contributed by atoms with Crippen molar-refractivity contribution in [2.75, 3.05) is 6.54 Å². The Hall–Kier alpha value is -2.47. The van der Waals surface area contributed by atoms with Crippen LogP contribution in [0.3, 0.4) is 0 Å². The summed E-state index contributed by atoms with van der Waals surface area (Å²) in [5.41, 5.74) is 1.87. The molecule has 1 aliphatic heterocycles. The average Bonchev–Trinajstić information content (AvgIpc) is 2.99. The highest BCUT2D eigenvalue weighted by atomic mass is 19.3. The zero-order valence-electron chi connectivity index (χ0n) is 13.7. The second-order valence-electron chi connectivity index (χ2n) is 6.13. The Morgan fingerprint density at radius 3 is 2.64 bits per heavy atom. The fraction of sp³-hybridized carbons (Fsp3) is 0.316. The summed E-state index contributed by atoms with van der Waals surface area (Å²) in [5, 5.41) is 5.25. The van der Waals surface area contributed by atoms with E-state index in [1.807, 2.05) is 54.6 Å². The normalized spacial score (nSPS) is 18.7. The molecular formula is C19H20F2N2O2. The number of hydrogen-bond donors (Lipinski definition) is 2. The van der Waals surface area contributed by atoms with Gasteiger partial charge in [0.2, 0.25) is 5.91 Å². The summed E-state index contributed by atoms with van der Waals surface area (Å²) >= 11 is 0. The molecule has 1 fully saturated rings. The van der Waals surface area contributed by atoms with Gasteiger partial charge in [0, 0.05) is 13.0 Å². The van der Waals surface area contributed by atoms with E-state index < -0.39 is 30.8 Å². The summed E-state index contributed by atoms with van der Waals surface area (Å²) in [4.78, 5) is 12.0. The minimum Gasteiger partial charge on any atom is -0.489 e. The van der Waals surface area contributed by atoms with Gasteiger partial charge in [0.1, 0.15) is 12.4 Å². The van der Waals surface area contributed by atoms with Crippen LogP contribution in [0.4, 0.5) is 8.78 Å². The van der Waals surface area contributed by atoms with Crippen LogP contribution in [0.25, 0.3) is 0 Å². The number of alkyl halides is 2. The standard InChI is InChI=1S/C19H20F2N2O2/c20-19(21)10-17(23-13-19)18(24)22-11-14-5-4-6-15(9-14)12-25-16-7-2-1-3-8-16/h1-9,17,23H,10-13H2,(H,22,24). The van der Waals surface area contributed by atoms with E-state index in [2.05, 4.69) is 10.6 Å². The molecule has 1 amide bonds. The molecule has 1 saturated heterocycles. The van der Waals surface area contributed by atoms with Gasteiger partial charge in [-0.1, -0.05) is 42.5 Å². The van der Waals surface area contributed by atoms with Gasteiger partial charge >= 0.3 is 0 Å². The van der Waals surface area contributed by atoms with Crippen molar-refractivity contribution < 1.29 is 18.3 Å². The highest BCUT2D eigenvalue weighted by molar-refractivity contribution is 5.82. The first kappa shape index (κ1) is 17.4. The molecule has 1 aliphatic rings. The third-order valence-corrected chi connectivity index (χ3v) is 4.03. The molecular weight excluding hydrogens is 326 g/mol. The van der Waals surface area contributed by atoms with Gasteiger partial charge in [0.15, 0.2) is 0 Å². The van der Waals surface area contributed by atoms with Crippen LogP contribution in [0.15, 0.2) is 54.6 Å². The van der Waals surface area contributed by atoms with E-state index in [-0.39, 0.29) is 0 Å². The number of hydrogen-bond acceptors (Lipinski definition) is 3. The van der Waals surface area contributed by atoms with E-state index in [0.29, 0.717) is 13.2 Å².